The van der Waals surface area contributed by atoms with Gasteiger partial charge < -0.3 is 15.1 Å². The Morgan fingerprint density at radius 2 is 2.18 bits per heavy atom. The molecule has 66 valence electrons. The number of hydrogen-bond donors (Lipinski definition) is 2. The first kappa shape index (κ1) is 8.97. The predicted molar refractivity (Wildman–Crippen MR) is 43.4 cm³/mol. The third-order valence-corrected chi connectivity index (χ3v) is 2.41. The van der Waals surface area contributed by atoms with Gasteiger partial charge in [0.05, 0.1) is 12.7 Å². The van der Waals surface area contributed by atoms with Crippen molar-refractivity contribution in [3.8, 4) is 0 Å². The summed E-state index contributed by atoms with van der Waals surface area (Å²) >= 11 is 0. The van der Waals surface area contributed by atoms with E-state index in [0.29, 0.717) is 12.6 Å². The van der Waals surface area contributed by atoms with E-state index >= 15 is 0 Å². The highest BCUT2D eigenvalue weighted by Crippen LogP contribution is 2.23. The van der Waals surface area contributed by atoms with Gasteiger partial charge in [0, 0.05) is 12.6 Å². The molecular weight excluding hydrogens is 142 g/mol. The zero-order valence-electron chi connectivity index (χ0n) is 7.03. The van der Waals surface area contributed by atoms with Gasteiger partial charge in [-0.05, 0) is 19.9 Å². The number of nitrogens with zero attached hydrogens (tertiary/aromatic N) is 1. The Kier molecular flexibility index (Phi) is 3.30. The fourth-order valence-electron chi connectivity index (χ4n) is 1.37. The second-order valence-electron chi connectivity index (χ2n) is 3.36. The molecule has 3 nitrogen and oxygen atoms in total. The van der Waals surface area contributed by atoms with Crippen LogP contribution in [0.4, 0.5) is 0 Å². The number of aliphatic hydroxyl groups excluding tert-OH is 2. The highest BCUT2D eigenvalue weighted by atomic mass is 16.3. The number of aliphatic hydroxyl groups is 2. The fraction of sp³-hybridized carbons (Fsp3) is 1.00. The van der Waals surface area contributed by atoms with Crippen LogP contribution in [0.15, 0.2) is 0 Å². The van der Waals surface area contributed by atoms with Gasteiger partial charge in [0.2, 0.25) is 0 Å². The molecule has 1 rings (SSSR count). The maximum Gasteiger partial charge on any atom is 0.0897 e. The Morgan fingerprint density at radius 3 is 2.55 bits per heavy atom. The predicted octanol–water partition coefficient (Wildman–Crippen LogP) is -0.176. The summed E-state index contributed by atoms with van der Waals surface area (Å²) in [5, 5.41) is 17.7. The number of hydrogen-bond acceptors (Lipinski definition) is 3. The lowest BCUT2D eigenvalue weighted by molar-refractivity contribution is 0.0406. The van der Waals surface area contributed by atoms with Crippen LogP contribution in [0.3, 0.4) is 0 Å². The minimum atomic E-state index is -0.569. The average Bonchev–Trinajstić information content (AvgIpc) is 1.83. The highest BCUT2D eigenvalue weighted by molar-refractivity contribution is 4.78. The second kappa shape index (κ2) is 4.04. The molecule has 0 radical (unpaired) electrons. The first-order valence-electron chi connectivity index (χ1n) is 4.23. The van der Waals surface area contributed by atoms with Crippen LogP contribution in [0.5, 0.6) is 0 Å². The maximum atomic E-state index is 9.11. The van der Waals surface area contributed by atoms with Crippen molar-refractivity contribution in [2.45, 2.75) is 31.4 Å². The van der Waals surface area contributed by atoms with Gasteiger partial charge in [-0.1, -0.05) is 6.42 Å². The topological polar surface area (TPSA) is 43.7 Å². The van der Waals surface area contributed by atoms with E-state index in [2.05, 4.69) is 4.90 Å². The number of rotatable bonds is 4. The molecule has 0 aliphatic heterocycles. The monoisotopic (exact) mass is 159 g/mol. The molecule has 1 aliphatic carbocycles. The molecule has 11 heavy (non-hydrogen) atoms. The van der Waals surface area contributed by atoms with E-state index in [1.54, 1.807) is 0 Å². The Hall–Kier alpha value is -0.120. The summed E-state index contributed by atoms with van der Waals surface area (Å²) in [6, 6.07) is 0.649. The minimum absolute atomic E-state index is 0.128. The van der Waals surface area contributed by atoms with Crippen LogP contribution in [0.25, 0.3) is 0 Å². The van der Waals surface area contributed by atoms with Gasteiger partial charge >= 0.3 is 0 Å². The first-order valence-corrected chi connectivity index (χ1v) is 4.23. The summed E-state index contributed by atoms with van der Waals surface area (Å²) in [6.07, 6.45) is 3.23. The lowest BCUT2D eigenvalue weighted by atomic mass is 9.92. The van der Waals surface area contributed by atoms with Crippen LogP contribution in [-0.2, 0) is 0 Å². The summed E-state index contributed by atoms with van der Waals surface area (Å²) in [7, 11) is 2.00. The summed E-state index contributed by atoms with van der Waals surface area (Å²) in [5.41, 5.74) is 0. The van der Waals surface area contributed by atoms with E-state index in [4.69, 9.17) is 10.2 Å². The normalized spacial score (nSPS) is 21.8. The van der Waals surface area contributed by atoms with Crippen molar-refractivity contribution in [3.05, 3.63) is 0 Å². The van der Waals surface area contributed by atoms with Gasteiger partial charge in [-0.2, -0.15) is 0 Å². The van der Waals surface area contributed by atoms with Gasteiger partial charge in [-0.3, -0.25) is 0 Å². The third-order valence-electron chi connectivity index (χ3n) is 2.41. The molecule has 1 fully saturated rings. The zero-order chi connectivity index (χ0) is 8.27. The van der Waals surface area contributed by atoms with Crippen LogP contribution in [0.2, 0.25) is 0 Å². The van der Waals surface area contributed by atoms with Crippen molar-refractivity contribution < 1.29 is 10.2 Å². The quantitative estimate of drug-likeness (QED) is 0.598. The van der Waals surface area contributed by atoms with Crippen molar-refractivity contribution in [2.24, 2.45) is 0 Å². The van der Waals surface area contributed by atoms with E-state index in [1.807, 2.05) is 7.05 Å². The van der Waals surface area contributed by atoms with Crippen LogP contribution in [0, 0.1) is 0 Å². The van der Waals surface area contributed by atoms with Crippen molar-refractivity contribution in [3.63, 3.8) is 0 Å². The molecule has 0 aromatic heterocycles. The van der Waals surface area contributed by atoms with Gasteiger partial charge in [0.25, 0.3) is 0 Å². The van der Waals surface area contributed by atoms with E-state index < -0.39 is 6.10 Å². The van der Waals surface area contributed by atoms with E-state index in [-0.39, 0.29) is 6.61 Å². The lowest BCUT2D eigenvalue weighted by Gasteiger charge is -2.35. The molecule has 0 saturated heterocycles. The zero-order valence-corrected chi connectivity index (χ0v) is 7.03. The molecule has 0 heterocycles. The van der Waals surface area contributed by atoms with Crippen LogP contribution < -0.4 is 0 Å². The molecule has 1 aliphatic rings. The average molecular weight is 159 g/mol. The van der Waals surface area contributed by atoms with Gasteiger partial charge in [0.15, 0.2) is 0 Å². The van der Waals surface area contributed by atoms with Crippen LogP contribution in [-0.4, -0.2) is 47.5 Å². The Balaban J connectivity index is 2.13. The molecule has 0 amide bonds. The summed E-state index contributed by atoms with van der Waals surface area (Å²) in [4.78, 5) is 2.13. The highest BCUT2D eigenvalue weighted by Gasteiger charge is 2.22. The SMILES string of the molecule is CN(CC(O)CO)C1CCC1. The molecule has 1 saturated carbocycles. The summed E-state index contributed by atoms with van der Waals surface area (Å²) in [6.45, 7) is 0.470. The second-order valence-corrected chi connectivity index (χ2v) is 3.36. The van der Waals surface area contributed by atoms with Crippen molar-refractivity contribution in [1.29, 1.82) is 0 Å². The first-order chi connectivity index (χ1) is 5.24. The maximum absolute atomic E-state index is 9.11. The Morgan fingerprint density at radius 1 is 1.55 bits per heavy atom. The van der Waals surface area contributed by atoms with E-state index in [0.717, 1.165) is 0 Å². The van der Waals surface area contributed by atoms with Crippen molar-refractivity contribution >= 4 is 0 Å². The van der Waals surface area contributed by atoms with Gasteiger partial charge in [0.1, 0.15) is 0 Å². The van der Waals surface area contributed by atoms with Crippen LogP contribution >= 0.6 is 0 Å². The van der Waals surface area contributed by atoms with Gasteiger partial charge in [-0.15, -0.1) is 0 Å². The molecular formula is C8H17NO2. The molecule has 1 unspecified atom stereocenters. The summed E-state index contributed by atoms with van der Waals surface area (Å²) in [5.74, 6) is 0. The van der Waals surface area contributed by atoms with Gasteiger partial charge in [-0.25, -0.2) is 0 Å². The number of likely N-dealkylation sites (N-methyl/N-ethyl adjacent to an activating group) is 1. The molecule has 0 spiro atoms. The van der Waals surface area contributed by atoms with Crippen molar-refractivity contribution in [1.82, 2.24) is 4.90 Å². The molecule has 2 N–H and O–H groups in total. The lowest BCUT2D eigenvalue weighted by Crippen LogP contribution is -2.42. The smallest absolute Gasteiger partial charge is 0.0897 e. The van der Waals surface area contributed by atoms with Crippen LogP contribution in [0.1, 0.15) is 19.3 Å². The van der Waals surface area contributed by atoms with E-state index in [1.165, 1.54) is 19.3 Å². The summed E-state index contributed by atoms with van der Waals surface area (Å²) < 4.78 is 0. The largest absolute Gasteiger partial charge is 0.394 e. The molecule has 0 aromatic carbocycles. The molecule has 1 atom stereocenters. The van der Waals surface area contributed by atoms with Crippen molar-refractivity contribution in [2.75, 3.05) is 20.2 Å². The Labute approximate surface area is 67.6 Å². The Bertz CT molecular complexity index is 115. The minimum Gasteiger partial charge on any atom is -0.394 e. The van der Waals surface area contributed by atoms with E-state index in [9.17, 15) is 0 Å². The fourth-order valence-corrected chi connectivity index (χ4v) is 1.37. The molecule has 0 aromatic rings. The molecule has 0 bridgehead atoms. The molecule has 3 heteroatoms. The third kappa shape index (κ3) is 2.43. The standard InChI is InChI=1S/C8H17NO2/c1-9(5-8(11)6-10)7-3-2-4-7/h7-8,10-11H,2-6H2,1H3.